The molecule has 0 N–H and O–H groups in total. The van der Waals surface area contributed by atoms with E-state index in [9.17, 15) is 9.59 Å². The minimum atomic E-state index is -1.15. The summed E-state index contributed by atoms with van der Waals surface area (Å²) in [5.74, 6) is -1.34. The van der Waals surface area contributed by atoms with Crippen LogP contribution in [0.3, 0.4) is 0 Å². The smallest absolute Gasteiger partial charge is 0.338 e. The number of hydrogen-bond acceptors (Lipinski definition) is 7. The van der Waals surface area contributed by atoms with Crippen LogP contribution in [-0.4, -0.2) is 50.4 Å². The minimum absolute atomic E-state index is 0.188. The molecule has 1 aliphatic heterocycles. The first-order valence-corrected chi connectivity index (χ1v) is 5.89. The lowest BCUT2D eigenvalue weighted by Gasteiger charge is -2.13. The quantitative estimate of drug-likeness (QED) is 0.633. The van der Waals surface area contributed by atoms with Gasteiger partial charge in [0.25, 0.3) is 6.48 Å². The van der Waals surface area contributed by atoms with Crippen LogP contribution in [0, 0.1) is 0 Å². The fraction of sp³-hybridized carbons (Fsp3) is 0.818. The molecular formula is C11H18O7. The summed E-state index contributed by atoms with van der Waals surface area (Å²) in [4.78, 5) is 23.2. The molecule has 1 heterocycles. The molecule has 0 radical (unpaired) electrons. The Morgan fingerprint density at radius 2 is 1.33 bits per heavy atom. The molecule has 1 aliphatic rings. The Hall–Kier alpha value is -1.18. The van der Waals surface area contributed by atoms with Crippen molar-refractivity contribution in [1.82, 2.24) is 0 Å². The van der Waals surface area contributed by atoms with Crippen molar-refractivity contribution in [2.45, 2.75) is 39.5 Å². The Morgan fingerprint density at radius 1 is 0.889 bits per heavy atom. The normalized spacial score (nSPS) is 26.9. The molecule has 1 saturated heterocycles. The molecule has 0 aromatic rings. The lowest BCUT2D eigenvalue weighted by atomic mass is 10.2. The van der Waals surface area contributed by atoms with E-state index in [-0.39, 0.29) is 13.2 Å². The van der Waals surface area contributed by atoms with Crippen LogP contribution >= 0.6 is 0 Å². The molecule has 0 amide bonds. The standard InChI is InChI=1S/C11H18O7/c1-4-14-9(12)7-8(10(13)15-5-2)18-11(17-7)16-6-3/h7-8,11H,4-6H2,1-3H3. The van der Waals surface area contributed by atoms with E-state index < -0.39 is 30.6 Å². The van der Waals surface area contributed by atoms with E-state index in [0.717, 1.165) is 0 Å². The maximum Gasteiger partial charge on any atom is 0.338 e. The zero-order valence-electron chi connectivity index (χ0n) is 10.7. The number of carbonyl (C=O) groups excluding carboxylic acids is 2. The molecule has 0 spiro atoms. The van der Waals surface area contributed by atoms with Crippen molar-refractivity contribution in [2.24, 2.45) is 0 Å². The lowest BCUT2D eigenvalue weighted by Crippen LogP contribution is -2.39. The molecule has 1 fully saturated rings. The lowest BCUT2D eigenvalue weighted by molar-refractivity contribution is -0.242. The molecule has 0 aromatic heterocycles. The Balaban J connectivity index is 2.69. The highest BCUT2D eigenvalue weighted by molar-refractivity contribution is 5.86. The van der Waals surface area contributed by atoms with Crippen molar-refractivity contribution in [3.05, 3.63) is 0 Å². The summed E-state index contributed by atoms with van der Waals surface area (Å²) in [5.41, 5.74) is 0. The number of carbonyl (C=O) groups is 2. The molecular weight excluding hydrogens is 244 g/mol. The fourth-order valence-corrected chi connectivity index (χ4v) is 1.44. The van der Waals surface area contributed by atoms with Gasteiger partial charge in [-0.3, -0.25) is 0 Å². The Morgan fingerprint density at radius 3 is 1.67 bits per heavy atom. The predicted molar refractivity (Wildman–Crippen MR) is 58.4 cm³/mol. The molecule has 1 rings (SSSR count). The van der Waals surface area contributed by atoms with E-state index >= 15 is 0 Å². The van der Waals surface area contributed by atoms with E-state index in [2.05, 4.69) is 0 Å². The first kappa shape index (κ1) is 14.9. The van der Waals surface area contributed by atoms with Crippen LogP contribution in [0.4, 0.5) is 0 Å². The third-order valence-corrected chi connectivity index (χ3v) is 2.13. The van der Waals surface area contributed by atoms with Crippen molar-refractivity contribution in [2.75, 3.05) is 19.8 Å². The SMILES string of the molecule is CCOC(=O)C1OC(OCC)OC1C(=O)OCC. The number of esters is 2. The first-order valence-electron chi connectivity index (χ1n) is 5.89. The predicted octanol–water partition coefficient (Wildman–Crippen LogP) is 0.217. The van der Waals surface area contributed by atoms with E-state index in [1.807, 2.05) is 0 Å². The van der Waals surface area contributed by atoms with Gasteiger partial charge in [0.05, 0.1) is 13.2 Å². The van der Waals surface area contributed by atoms with Crippen LogP contribution in [0.15, 0.2) is 0 Å². The highest BCUT2D eigenvalue weighted by atomic mass is 16.9. The molecule has 0 saturated carbocycles. The molecule has 0 bridgehead atoms. The Bertz CT molecular complexity index is 265. The van der Waals surface area contributed by atoms with E-state index in [1.165, 1.54) is 0 Å². The van der Waals surface area contributed by atoms with Gasteiger partial charge in [-0.05, 0) is 20.8 Å². The van der Waals surface area contributed by atoms with Gasteiger partial charge < -0.3 is 23.7 Å². The van der Waals surface area contributed by atoms with Gasteiger partial charge in [0.1, 0.15) is 0 Å². The van der Waals surface area contributed by atoms with Crippen molar-refractivity contribution in [3.63, 3.8) is 0 Å². The molecule has 18 heavy (non-hydrogen) atoms. The Labute approximate surface area is 105 Å². The van der Waals surface area contributed by atoms with Gasteiger partial charge in [-0.15, -0.1) is 0 Å². The van der Waals surface area contributed by atoms with Gasteiger partial charge in [0.15, 0.2) is 12.2 Å². The van der Waals surface area contributed by atoms with Crippen LogP contribution in [0.1, 0.15) is 20.8 Å². The van der Waals surface area contributed by atoms with Gasteiger partial charge in [0.2, 0.25) is 0 Å². The first-order chi connectivity index (χ1) is 8.63. The highest BCUT2D eigenvalue weighted by Crippen LogP contribution is 2.22. The topological polar surface area (TPSA) is 80.3 Å². The zero-order chi connectivity index (χ0) is 13.5. The van der Waals surface area contributed by atoms with Gasteiger partial charge in [-0.25, -0.2) is 9.59 Å². The maximum atomic E-state index is 11.6. The Kier molecular flexibility index (Phi) is 6.03. The average Bonchev–Trinajstić information content (AvgIpc) is 2.74. The molecule has 7 heteroatoms. The van der Waals surface area contributed by atoms with Gasteiger partial charge >= 0.3 is 11.9 Å². The molecule has 104 valence electrons. The highest BCUT2D eigenvalue weighted by Gasteiger charge is 2.47. The number of ether oxygens (including phenoxy) is 5. The summed E-state index contributed by atoms with van der Waals surface area (Å²) in [5, 5.41) is 0. The second kappa shape index (κ2) is 7.30. The summed E-state index contributed by atoms with van der Waals surface area (Å²) in [6.45, 7) is 4.71. The van der Waals surface area contributed by atoms with Crippen LogP contribution in [-0.2, 0) is 33.3 Å². The van der Waals surface area contributed by atoms with E-state index in [0.29, 0.717) is 6.61 Å². The second-order valence-corrected chi connectivity index (χ2v) is 3.36. The van der Waals surface area contributed by atoms with E-state index in [1.54, 1.807) is 20.8 Å². The van der Waals surface area contributed by atoms with Crippen molar-refractivity contribution in [1.29, 1.82) is 0 Å². The van der Waals surface area contributed by atoms with Crippen LogP contribution in [0.2, 0.25) is 0 Å². The minimum Gasteiger partial charge on any atom is -0.464 e. The van der Waals surface area contributed by atoms with Crippen LogP contribution in [0.25, 0.3) is 0 Å². The molecule has 2 unspecified atom stereocenters. The molecule has 0 aromatic carbocycles. The number of rotatable bonds is 6. The summed E-state index contributed by atoms with van der Waals surface area (Å²) < 4.78 is 25.0. The largest absolute Gasteiger partial charge is 0.464 e. The third kappa shape index (κ3) is 3.66. The third-order valence-electron chi connectivity index (χ3n) is 2.13. The maximum absolute atomic E-state index is 11.6. The summed E-state index contributed by atoms with van der Waals surface area (Å²) in [6.07, 6.45) is -2.30. The van der Waals surface area contributed by atoms with Crippen LogP contribution < -0.4 is 0 Å². The summed E-state index contributed by atoms with van der Waals surface area (Å²) >= 11 is 0. The second-order valence-electron chi connectivity index (χ2n) is 3.36. The molecule has 7 nitrogen and oxygen atoms in total. The van der Waals surface area contributed by atoms with Crippen molar-refractivity contribution < 1.29 is 33.3 Å². The van der Waals surface area contributed by atoms with Gasteiger partial charge in [0, 0.05) is 6.61 Å². The van der Waals surface area contributed by atoms with Crippen molar-refractivity contribution >= 4 is 11.9 Å². The fourth-order valence-electron chi connectivity index (χ4n) is 1.44. The molecule has 2 atom stereocenters. The molecule has 0 aliphatic carbocycles. The van der Waals surface area contributed by atoms with Crippen molar-refractivity contribution in [3.8, 4) is 0 Å². The summed E-state index contributed by atoms with van der Waals surface area (Å²) in [6, 6.07) is 0. The number of hydrogen-bond donors (Lipinski definition) is 0. The van der Waals surface area contributed by atoms with E-state index in [4.69, 9.17) is 23.7 Å². The van der Waals surface area contributed by atoms with Crippen LogP contribution in [0.5, 0.6) is 0 Å². The average molecular weight is 262 g/mol. The zero-order valence-corrected chi connectivity index (χ0v) is 10.7. The summed E-state index contributed by atoms with van der Waals surface area (Å²) in [7, 11) is 0. The van der Waals surface area contributed by atoms with Gasteiger partial charge in [-0.1, -0.05) is 0 Å². The van der Waals surface area contributed by atoms with Gasteiger partial charge in [-0.2, -0.15) is 0 Å². The monoisotopic (exact) mass is 262 g/mol.